The Labute approximate surface area is 110 Å². The standard InChI is InChI=1S/C13H21ClO2Si/c1-4-5-6-10-15-17(2,3)16-13-9-7-8-12(14)11-13/h7-9,11H,4-6,10H2,1-3H3. The molecule has 4 heteroatoms. The maximum Gasteiger partial charge on any atom is 0.392 e. The first-order valence-corrected chi connectivity index (χ1v) is 9.31. The van der Waals surface area contributed by atoms with Gasteiger partial charge in [0.2, 0.25) is 0 Å². The molecule has 1 aromatic carbocycles. The molecule has 0 unspecified atom stereocenters. The van der Waals surface area contributed by atoms with Gasteiger partial charge in [0.15, 0.2) is 0 Å². The molecule has 96 valence electrons. The zero-order chi connectivity index (χ0) is 12.7. The summed E-state index contributed by atoms with van der Waals surface area (Å²) in [6, 6.07) is 7.46. The van der Waals surface area contributed by atoms with E-state index >= 15 is 0 Å². The lowest BCUT2D eigenvalue weighted by atomic mass is 10.3. The van der Waals surface area contributed by atoms with Crippen LogP contribution in [0.1, 0.15) is 26.2 Å². The molecule has 0 aliphatic heterocycles. The van der Waals surface area contributed by atoms with Crippen molar-refractivity contribution < 1.29 is 8.85 Å². The molecule has 0 N–H and O–H groups in total. The van der Waals surface area contributed by atoms with Crippen LogP contribution >= 0.6 is 11.6 Å². The topological polar surface area (TPSA) is 18.5 Å². The van der Waals surface area contributed by atoms with Crippen LogP contribution in [0.3, 0.4) is 0 Å². The molecule has 1 aromatic rings. The van der Waals surface area contributed by atoms with Crippen LogP contribution in [0.15, 0.2) is 24.3 Å². The first-order valence-electron chi connectivity index (χ1n) is 6.12. The van der Waals surface area contributed by atoms with Crippen molar-refractivity contribution in [2.24, 2.45) is 0 Å². The van der Waals surface area contributed by atoms with Crippen molar-refractivity contribution in [3.05, 3.63) is 29.3 Å². The summed E-state index contributed by atoms with van der Waals surface area (Å²) in [6.45, 7) is 7.08. The Morgan fingerprint density at radius 2 is 2.00 bits per heavy atom. The summed E-state index contributed by atoms with van der Waals surface area (Å²) in [5.74, 6) is 0.796. The third-order valence-electron chi connectivity index (χ3n) is 2.36. The van der Waals surface area contributed by atoms with Gasteiger partial charge in [-0.1, -0.05) is 37.4 Å². The number of hydrogen-bond acceptors (Lipinski definition) is 2. The predicted molar refractivity (Wildman–Crippen MR) is 75.0 cm³/mol. The number of halogens is 1. The molecule has 0 atom stereocenters. The van der Waals surface area contributed by atoms with Crippen LogP contribution in [0.2, 0.25) is 18.1 Å². The van der Waals surface area contributed by atoms with Crippen LogP contribution in [-0.2, 0) is 4.43 Å². The van der Waals surface area contributed by atoms with E-state index in [4.69, 9.17) is 20.5 Å². The summed E-state index contributed by atoms with van der Waals surface area (Å²) < 4.78 is 11.7. The highest BCUT2D eigenvalue weighted by Gasteiger charge is 2.26. The molecule has 1 rings (SSSR count). The SMILES string of the molecule is CCCCCO[Si](C)(C)Oc1cccc(Cl)c1. The fourth-order valence-corrected chi connectivity index (χ4v) is 3.08. The molecule has 0 radical (unpaired) electrons. The van der Waals surface area contributed by atoms with E-state index in [1.165, 1.54) is 12.8 Å². The second kappa shape index (κ2) is 7.04. The Hall–Kier alpha value is -0.513. The minimum absolute atomic E-state index is 0.693. The van der Waals surface area contributed by atoms with Gasteiger partial charge >= 0.3 is 8.56 Å². The summed E-state index contributed by atoms with van der Waals surface area (Å²) in [6.07, 6.45) is 3.52. The second-order valence-corrected chi connectivity index (χ2v) is 8.24. The van der Waals surface area contributed by atoms with Gasteiger partial charge in [-0.05, 0) is 37.7 Å². The Morgan fingerprint density at radius 3 is 2.65 bits per heavy atom. The second-order valence-electron chi connectivity index (χ2n) is 4.51. The van der Waals surface area contributed by atoms with Gasteiger partial charge in [-0.15, -0.1) is 0 Å². The summed E-state index contributed by atoms with van der Waals surface area (Å²) >= 11 is 5.91. The highest BCUT2D eigenvalue weighted by Crippen LogP contribution is 2.21. The van der Waals surface area contributed by atoms with Crippen molar-refractivity contribution in [3.8, 4) is 5.75 Å². The Morgan fingerprint density at radius 1 is 1.24 bits per heavy atom. The molecule has 0 aromatic heterocycles. The fourth-order valence-electron chi connectivity index (χ4n) is 1.51. The lowest BCUT2D eigenvalue weighted by molar-refractivity contribution is 0.241. The van der Waals surface area contributed by atoms with E-state index in [0.29, 0.717) is 5.02 Å². The van der Waals surface area contributed by atoms with E-state index in [1.807, 2.05) is 24.3 Å². The molecule has 0 aliphatic rings. The smallest absolute Gasteiger partial charge is 0.392 e. The molecule has 0 heterocycles. The van der Waals surface area contributed by atoms with Crippen LogP contribution in [-0.4, -0.2) is 15.2 Å². The van der Waals surface area contributed by atoms with Crippen LogP contribution in [0, 0.1) is 0 Å². The molecule has 17 heavy (non-hydrogen) atoms. The van der Waals surface area contributed by atoms with E-state index in [9.17, 15) is 0 Å². The molecule has 0 spiro atoms. The van der Waals surface area contributed by atoms with E-state index in [1.54, 1.807) is 0 Å². The molecule has 0 aliphatic carbocycles. The molecule has 0 fully saturated rings. The third-order valence-corrected chi connectivity index (χ3v) is 4.22. The largest absolute Gasteiger partial charge is 0.520 e. The third kappa shape index (κ3) is 6.10. The Kier molecular flexibility index (Phi) is 6.02. The zero-order valence-electron chi connectivity index (χ0n) is 10.8. The van der Waals surface area contributed by atoms with Crippen LogP contribution in [0.4, 0.5) is 0 Å². The number of benzene rings is 1. The van der Waals surface area contributed by atoms with E-state index < -0.39 is 8.56 Å². The molecule has 0 amide bonds. The van der Waals surface area contributed by atoms with Gasteiger partial charge in [0.05, 0.1) is 0 Å². The zero-order valence-corrected chi connectivity index (χ0v) is 12.6. The van der Waals surface area contributed by atoms with Gasteiger partial charge in [0, 0.05) is 11.6 Å². The molecule has 0 bridgehead atoms. The van der Waals surface area contributed by atoms with Gasteiger partial charge in [0.25, 0.3) is 0 Å². The van der Waals surface area contributed by atoms with Crippen molar-refractivity contribution in [1.82, 2.24) is 0 Å². The average molecular weight is 273 g/mol. The summed E-state index contributed by atoms with van der Waals surface area (Å²) in [5, 5.41) is 0.693. The van der Waals surface area contributed by atoms with E-state index in [-0.39, 0.29) is 0 Å². The summed E-state index contributed by atoms with van der Waals surface area (Å²) in [5.41, 5.74) is 0. The van der Waals surface area contributed by atoms with Crippen molar-refractivity contribution >= 4 is 20.2 Å². The lowest BCUT2D eigenvalue weighted by Gasteiger charge is -2.23. The Balaban J connectivity index is 2.42. The maximum atomic E-state index is 5.91. The minimum atomic E-state index is -2.08. The van der Waals surface area contributed by atoms with Gasteiger partial charge in [-0.2, -0.15) is 0 Å². The summed E-state index contributed by atoms with van der Waals surface area (Å²) in [4.78, 5) is 0. The number of hydrogen-bond donors (Lipinski definition) is 0. The maximum absolute atomic E-state index is 5.91. The van der Waals surface area contributed by atoms with Crippen molar-refractivity contribution in [2.75, 3.05) is 6.61 Å². The first kappa shape index (κ1) is 14.5. The monoisotopic (exact) mass is 272 g/mol. The lowest BCUT2D eigenvalue weighted by Crippen LogP contribution is -2.38. The van der Waals surface area contributed by atoms with Crippen molar-refractivity contribution in [1.29, 1.82) is 0 Å². The molecular formula is C13H21ClO2Si. The van der Waals surface area contributed by atoms with Gasteiger partial charge in [0.1, 0.15) is 5.75 Å². The van der Waals surface area contributed by atoms with E-state index in [0.717, 1.165) is 18.8 Å². The van der Waals surface area contributed by atoms with Gasteiger partial charge < -0.3 is 8.85 Å². The average Bonchev–Trinajstić information content (AvgIpc) is 2.24. The fraction of sp³-hybridized carbons (Fsp3) is 0.538. The number of rotatable bonds is 7. The van der Waals surface area contributed by atoms with Crippen LogP contribution in [0.5, 0.6) is 5.75 Å². The van der Waals surface area contributed by atoms with Crippen LogP contribution in [0.25, 0.3) is 0 Å². The van der Waals surface area contributed by atoms with Crippen molar-refractivity contribution in [3.63, 3.8) is 0 Å². The van der Waals surface area contributed by atoms with Crippen molar-refractivity contribution in [2.45, 2.75) is 39.3 Å². The van der Waals surface area contributed by atoms with E-state index in [2.05, 4.69) is 20.0 Å². The molecule has 0 saturated heterocycles. The molecule has 2 nitrogen and oxygen atoms in total. The minimum Gasteiger partial charge on any atom is -0.520 e. The Bertz CT molecular complexity index is 342. The normalized spacial score (nSPS) is 11.5. The molecule has 0 saturated carbocycles. The highest BCUT2D eigenvalue weighted by atomic mass is 35.5. The predicted octanol–water partition coefficient (Wildman–Crippen LogP) is 4.63. The summed E-state index contributed by atoms with van der Waals surface area (Å²) in [7, 11) is -2.08. The molecular weight excluding hydrogens is 252 g/mol. The van der Waals surface area contributed by atoms with Gasteiger partial charge in [-0.3, -0.25) is 0 Å². The van der Waals surface area contributed by atoms with Gasteiger partial charge in [-0.25, -0.2) is 0 Å². The van der Waals surface area contributed by atoms with Crippen LogP contribution < -0.4 is 4.43 Å². The number of unbranched alkanes of at least 4 members (excludes halogenated alkanes) is 2. The highest BCUT2D eigenvalue weighted by molar-refractivity contribution is 6.65. The quantitative estimate of drug-likeness (QED) is 0.532. The first-order chi connectivity index (χ1) is 8.03.